The number of rotatable bonds is 12. The number of hydrogen-bond donors (Lipinski definition) is 0. The number of ketones is 1. The Balaban J connectivity index is 1.63. The summed E-state index contributed by atoms with van der Waals surface area (Å²) in [5.41, 5.74) is 1.75. The van der Waals surface area contributed by atoms with Gasteiger partial charge >= 0.3 is 6.61 Å². The number of carbonyl (C=O) groups is 1. The monoisotopic (exact) mass is 484 g/mol. The van der Waals surface area contributed by atoms with Gasteiger partial charge in [0.05, 0.1) is 31.6 Å². The smallest absolute Gasteiger partial charge is 0.387 e. The highest BCUT2D eigenvalue weighted by Gasteiger charge is 2.29. The van der Waals surface area contributed by atoms with E-state index in [0.29, 0.717) is 42.4 Å². The van der Waals surface area contributed by atoms with Crippen LogP contribution in [0, 0.1) is 17.2 Å². The lowest BCUT2D eigenvalue weighted by atomic mass is 10.00. The lowest BCUT2D eigenvalue weighted by Gasteiger charge is -2.16. The maximum atomic E-state index is 13.2. The van der Waals surface area contributed by atoms with Gasteiger partial charge in [-0.3, -0.25) is 14.1 Å². The Morgan fingerprint density at radius 2 is 2.09 bits per heavy atom. The molecule has 3 aromatic rings. The zero-order valence-electron chi connectivity index (χ0n) is 19.5. The summed E-state index contributed by atoms with van der Waals surface area (Å²) >= 11 is 0. The average molecular weight is 485 g/mol. The van der Waals surface area contributed by atoms with Crippen molar-refractivity contribution in [1.82, 2.24) is 14.3 Å². The fourth-order valence-electron chi connectivity index (χ4n) is 3.83. The molecule has 0 N–H and O–H groups in total. The normalized spacial score (nSPS) is 13.3. The molecule has 0 amide bonds. The van der Waals surface area contributed by atoms with Crippen molar-refractivity contribution in [3.63, 3.8) is 0 Å². The van der Waals surface area contributed by atoms with Crippen molar-refractivity contribution in [1.29, 1.82) is 5.26 Å². The molecule has 2 aromatic heterocycles. The first-order valence-electron chi connectivity index (χ1n) is 11.3. The third-order valence-corrected chi connectivity index (χ3v) is 5.81. The van der Waals surface area contributed by atoms with Crippen molar-refractivity contribution in [2.75, 3.05) is 33.9 Å². The largest absolute Gasteiger partial charge is 0.496 e. The molecule has 0 radical (unpaired) electrons. The van der Waals surface area contributed by atoms with Crippen LogP contribution >= 0.6 is 0 Å². The number of methoxy groups -OCH3 is 1. The molecule has 1 aliphatic rings. The van der Waals surface area contributed by atoms with Crippen LogP contribution in [-0.4, -0.2) is 60.5 Å². The lowest BCUT2D eigenvalue weighted by molar-refractivity contribution is -0.0502. The van der Waals surface area contributed by atoms with Crippen molar-refractivity contribution >= 4 is 11.4 Å². The Hall–Kier alpha value is -3.71. The summed E-state index contributed by atoms with van der Waals surface area (Å²) in [7, 11) is 3.23. The van der Waals surface area contributed by atoms with Gasteiger partial charge in [0, 0.05) is 30.8 Å². The van der Waals surface area contributed by atoms with E-state index in [2.05, 4.69) is 11.1 Å². The number of fused-ring (bicyclic) bond motifs is 1. The number of pyridine rings is 1. The highest BCUT2D eigenvalue weighted by atomic mass is 19.3. The number of hydrogen-bond acceptors (Lipinski definition) is 7. The van der Waals surface area contributed by atoms with E-state index >= 15 is 0 Å². The second-order valence-electron chi connectivity index (χ2n) is 8.48. The molecule has 4 rings (SSSR count). The number of halogens is 2. The van der Waals surface area contributed by atoms with E-state index in [1.165, 1.54) is 13.2 Å². The van der Waals surface area contributed by atoms with Crippen LogP contribution in [0.2, 0.25) is 0 Å². The minimum absolute atomic E-state index is 0.0364. The van der Waals surface area contributed by atoms with Crippen LogP contribution in [0.1, 0.15) is 29.6 Å². The number of carbonyl (C=O) groups excluding carboxylic acids is 1. The molecule has 35 heavy (non-hydrogen) atoms. The average Bonchev–Trinajstić information content (AvgIpc) is 3.53. The van der Waals surface area contributed by atoms with Crippen LogP contribution in [0.15, 0.2) is 36.7 Å². The van der Waals surface area contributed by atoms with Crippen molar-refractivity contribution in [3.8, 4) is 34.6 Å². The van der Waals surface area contributed by atoms with Crippen molar-refractivity contribution in [3.05, 3.63) is 42.2 Å². The zero-order valence-corrected chi connectivity index (χ0v) is 19.5. The first-order chi connectivity index (χ1) is 16.9. The van der Waals surface area contributed by atoms with Gasteiger partial charge in [0.1, 0.15) is 35.1 Å². The standard InChI is InChI=1S/C25H26F2N4O4/c1-30(8-6-28)9-10-34-18-5-7-31-19(15-29-23(31)14-18)17-12-21(33-2)24(20(32)11-16-3-4-16)22(13-17)35-25(26)27/h5,7,12-16,25H,3-4,8-11H2,1-2H3. The van der Waals surface area contributed by atoms with Crippen LogP contribution in [0.25, 0.3) is 16.9 Å². The van der Waals surface area contributed by atoms with Gasteiger partial charge in [0.15, 0.2) is 5.78 Å². The Labute approximate surface area is 201 Å². The second-order valence-corrected chi connectivity index (χ2v) is 8.48. The third kappa shape index (κ3) is 5.87. The number of aromatic nitrogens is 2. The highest BCUT2D eigenvalue weighted by Crippen LogP contribution is 2.40. The molecule has 0 bridgehead atoms. The summed E-state index contributed by atoms with van der Waals surface area (Å²) in [6.07, 6.45) is 5.56. The van der Waals surface area contributed by atoms with Gasteiger partial charge in [0.25, 0.3) is 0 Å². The Morgan fingerprint density at radius 3 is 2.77 bits per heavy atom. The predicted molar refractivity (Wildman–Crippen MR) is 124 cm³/mol. The van der Waals surface area contributed by atoms with E-state index in [-0.39, 0.29) is 35.2 Å². The van der Waals surface area contributed by atoms with Crippen LogP contribution in [-0.2, 0) is 0 Å². The molecule has 10 heteroatoms. The summed E-state index contributed by atoms with van der Waals surface area (Å²) in [5, 5.41) is 8.73. The second kappa shape index (κ2) is 10.7. The number of Topliss-reactive ketones (excluding diaryl/α,β-unsaturated/α-hetero) is 1. The summed E-state index contributed by atoms with van der Waals surface area (Å²) in [5.74, 6) is 0.594. The molecule has 8 nitrogen and oxygen atoms in total. The first-order valence-corrected chi connectivity index (χ1v) is 11.3. The Morgan fingerprint density at radius 1 is 1.31 bits per heavy atom. The molecule has 1 aliphatic carbocycles. The molecule has 1 aromatic carbocycles. The van der Waals surface area contributed by atoms with E-state index in [1.807, 2.05) is 11.9 Å². The number of nitrogens with zero attached hydrogens (tertiary/aromatic N) is 4. The van der Waals surface area contributed by atoms with Gasteiger partial charge < -0.3 is 14.2 Å². The van der Waals surface area contributed by atoms with E-state index in [1.54, 1.807) is 35.0 Å². The van der Waals surface area contributed by atoms with Gasteiger partial charge in [-0.1, -0.05) is 0 Å². The fourth-order valence-corrected chi connectivity index (χ4v) is 3.83. The van der Waals surface area contributed by atoms with Gasteiger partial charge in [-0.25, -0.2) is 4.98 Å². The molecule has 0 spiro atoms. The third-order valence-electron chi connectivity index (χ3n) is 5.81. The number of alkyl halides is 2. The molecular formula is C25H26F2N4O4. The molecule has 0 saturated heterocycles. The number of ether oxygens (including phenoxy) is 3. The maximum absolute atomic E-state index is 13.2. The zero-order chi connectivity index (χ0) is 24.9. The number of benzene rings is 1. The first kappa shape index (κ1) is 24.4. The van der Waals surface area contributed by atoms with Crippen LogP contribution in [0.3, 0.4) is 0 Å². The summed E-state index contributed by atoms with van der Waals surface area (Å²) in [6.45, 7) is -1.77. The number of nitriles is 1. The highest BCUT2D eigenvalue weighted by molar-refractivity contribution is 6.02. The maximum Gasteiger partial charge on any atom is 0.387 e. The molecule has 2 heterocycles. The SMILES string of the molecule is COc1cc(-c2cnc3cc(OCCN(C)CC#N)ccn23)cc(OC(F)F)c1C(=O)CC1CC1. The number of likely N-dealkylation sites (N-methyl/N-ethyl adjacent to an activating group) is 1. The van der Waals surface area contributed by atoms with Crippen LogP contribution in [0.5, 0.6) is 17.2 Å². The van der Waals surface area contributed by atoms with Crippen molar-refractivity contribution in [2.24, 2.45) is 5.92 Å². The molecule has 0 atom stereocenters. The van der Waals surface area contributed by atoms with Gasteiger partial charge in [-0.2, -0.15) is 14.0 Å². The molecule has 1 fully saturated rings. The van der Waals surface area contributed by atoms with E-state index < -0.39 is 6.61 Å². The summed E-state index contributed by atoms with van der Waals surface area (Å²) in [4.78, 5) is 19.1. The quantitative estimate of drug-likeness (QED) is 0.278. The van der Waals surface area contributed by atoms with Gasteiger partial charge in [-0.05, 0) is 44.0 Å². The van der Waals surface area contributed by atoms with E-state index in [9.17, 15) is 13.6 Å². The number of imidazole rings is 1. The molecule has 184 valence electrons. The molecule has 0 unspecified atom stereocenters. The van der Waals surface area contributed by atoms with Crippen LogP contribution in [0.4, 0.5) is 8.78 Å². The summed E-state index contributed by atoms with van der Waals surface area (Å²) in [6, 6.07) is 8.67. The van der Waals surface area contributed by atoms with Crippen LogP contribution < -0.4 is 14.2 Å². The Bertz CT molecular complexity index is 1250. The summed E-state index contributed by atoms with van der Waals surface area (Å²) < 4.78 is 44.1. The van der Waals surface area contributed by atoms with Gasteiger partial charge in [-0.15, -0.1) is 0 Å². The molecule has 0 aliphatic heterocycles. The minimum Gasteiger partial charge on any atom is -0.496 e. The van der Waals surface area contributed by atoms with Crippen molar-refractivity contribution < 1.29 is 27.8 Å². The molecule has 1 saturated carbocycles. The lowest BCUT2D eigenvalue weighted by Crippen LogP contribution is -2.24. The topological polar surface area (TPSA) is 89.1 Å². The van der Waals surface area contributed by atoms with E-state index in [4.69, 9.17) is 19.5 Å². The van der Waals surface area contributed by atoms with Gasteiger partial charge in [0.2, 0.25) is 0 Å². The van der Waals surface area contributed by atoms with E-state index in [0.717, 1.165) is 12.8 Å². The minimum atomic E-state index is -3.09. The van der Waals surface area contributed by atoms with Crippen molar-refractivity contribution in [2.45, 2.75) is 25.9 Å². The Kier molecular flexibility index (Phi) is 7.46. The fraction of sp³-hybridized carbons (Fsp3) is 0.400. The molecular weight excluding hydrogens is 458 g/mol. The predicted octanol–water partition coefficient (Wildman–Crippen LogP) is 4.43.